The molecule has 0 amide bonds. The number of carbonyl (C=O) groups is 2. The van der Waals surface area contributed by atoms with Crippen molar-refractivity contribution in [3.63, 3.8) is 0 Å². The van der Waals surface area contributed by atoms with Crippen LogP contribution in [0.2, 0.25) is 0 Å². The Morgan fingerprint density at radius 1 is 0.955 bits per heavy atom. The number of rotatable bonds is 5. The lowest BCUT2D eigenvalue weighted by Gasteiger charge is -2.14. The molecule has 0 saturated heterocycles. The molecule has 0 spiro atoms. The van der Waals surface area contributed by atoms with E-state index in [2.05, 4.69) is 10.1 Å². The van der Waals surface area contributed by atoms with E-state index < -0.39 is 0 Å². The van der Waals surface area contributed by atoms with Crippen molar-refractivity contribution in [3.05, 3.63) is 65.2 Å². The molecular weight excluding hydrogens is 278 g/mol. The van der Waals surface area contributed by atoms with Gasteiger partial charge in [-0.2, -0.15) is 0 Å². The monoisotopic (exact) mass is 297 g/mol. The number of hydrogen-bond donors (Lipinski definition) is 1. The zero-order chi connectivity index (χ0) is 16.1. The van der Waals surface area contributed by atoms with Crippen molar-refractivity contribution < 1.29 is 14.3 Å². The Kier molecular flexibility index (Phi) is 4.94. The Morgan fingerprint density at radius 3 is 2.05 bits per heavy atom. The van der Waals surface area contributed by atoms with Crippen LogP contribution in [0.1, 0.15) is 33.2 Å². The van der Waals surface area contributed by atoms with Gasteiger partial charge in [-0.25, -0.2) is 4.79 Å². The number of esters is 1. The average molecular weight is 297 g/mol. The summed E-state index contributed by atoms with van der Waals surface area (Å²) in [6, 6.07) is 14.0. The van der Waals surface area contributed by atoms with Crippen LogP contribution in [0, 0.1) is 6.92 Å². The van der Waals surface area contributed by atoms with Crippen molar-refractivity contribution in [2.75, 3.05) is 12.4 Å². The summed E-state index contributed by atoms with van der Waals surface area (Å²) in [4.78, 5) is 23.7. The van der Waals surface area contributed by atoms with E-state index in [0.29, 0.717) is 11.1 Å². The molecule has 4 nitrogen and oxygen atoms in total. The predicted molar refractivity (Wildman–Crippen MR) is 86.4 cm³/mol. The number of anilines is 1. The minimum Gasteiger partial charge on any atom is -0.465 e. The van der Waals surface area contributed by atoms with Crippen LogP contribution in [0.3, 0.4) is 0 Å². The Hall–Kier alpha value is -2.62. The van der Waals surface area contributed by atoms with Crippen LogP contribution < -0.4 is 5.32 Å². The first-order valence-corrected chi connectivity index (χ1v) is 7.07. The number of ketones is 1. The maximum atomic E-state index is 12.3. The predicted octanol–water partition coefficient (Wildman–Crippen LogP) is 3.46. The fraction of sp³-hybridized carbons (Fsp3) is 0.222. The number of benzene rings is 2. The molecule has 2 aromatic rings. The number of Topliss-reactive ketones (excluding diaryl/α,β-unsaturated/α-hetero) is 1. The van der Waals surface area contributed by atoms with Crippen LogP contribution in [0.4, 0.5) is 5.69 Å². The quantitative estimate of drug-likeness (QED) is 0.678. The van der Waals surface area contributed by atoms with E-state index in [1.807, 2.05) is 38.1 Å². The first kappa shape index (κ1) is 15.8. The Morgan fingerprint density at radius 2 is 1.50 bits per heavy atom. The van der Waals surface area contributed by atoms with Gasteiger partial charge in [0.25, 0.3) is 0 Å². The minimum absolute atomic E-state index is 0.0250. The van der Waals surface area contributed by atoms with E-state index in [9.17, 15) is 9.59 Å². The van der Waals surface area contributed by atoms with Crippen LogP contribution in [0.5, 0.6) is 0 Å². The van der Waals surface area contributed by atoms with Crippen LogP contribution >= 0.6 is 0 Å². The maximum Gasteiger partial charge on any atom is 0.337 e. The summed E-state index contributed by atoms with van der Waals surface area (Å²) in [6.07, 6.45) is 0. The van der Waals surface area contributed by atoms with E-state index >= 15 is 0 Å². The molecule has 0 radical (unpaired) electrons. The van der Waals surface area contributed by atoms with Crippen molar-refractivity contribution in [2.24, 2.45) is 0 Å². The zero-order valence-corrected chi connectivity index (χ0v) is 12.9. The molecule has 2 rings (SSSR count). The zero-order valence-electron chi connectivity index (χ0n) is 12.9. The second kappa shape index (κ2) is 6.89. The highest BCUT2D eigenvalue weighted by molar-refractivity contribution is 6.01. The van der Waals surface area contributed by atoms with Crippen molar-refractivity contribution >= 4 is 17.4 Å². The van der Waals surface area contributed by atoms with Crippen LogP contribution in [-0.4, -0.2) is 24.9 Å². The summed E-state index contributed by atoms with van der Waals surface area (Å²) in [5, 5.41) is 3.14. The number of nitrogens with one attached hydrogen (secondary N) is 1. The van der Waals surface area contributed by atoms with E-state index in [1.165, 1.54) is 7.11 Å². The van der Waals surface area contributed by atoms with E-state index in [0.717, 1.165) is 11.3 Å². The summed E-state index contributed by atoms with van der Waals surface area (Å²) >= 11 is 0. The van der Waals surface area contributed by atoms with Gasteiger partial charge in [-0.15, -0.1) is 0 Å². The molecule has 0 aliphatic rings. The molecule has 0 aliphatic carbocycles. The van der Waals surface area contributed by atoms with Gasteiger partial charge in [0.1, 0.15) is 0 Å². The van der Waals surface area contributed by atoms with Gasteiger partial charge < -0.3 is 10.1 Å². The van der Waals surface area contributed by atoms with Crippen molar-refractivity contribution in [3.8, 4) is 0 Å². The van der Waals surface area contributed by atoms with E-state index in [1.54, 1.807) is 24.3 Å². The van der Waals surface area contributed by atoms with Crippen molar-refractivity contribution in [2.45, 2.75) is 19.9 Å². The Balaban J connectivity index is 2.05. The van der Waals surface area contributed by atoms with Crippen LogP contribution in [0.15, 0.2) is 48.5 Å². The Bertz CT molecular complexity index is 660. The molecule has 0 unspecified atom stereocenters. The third-order valence-corrected chi connectivity index (χ3v) is 3.42. The summed E-state index contributed by atoms with van der Waals surface area (Å²) in [5.41, 5.74) is 3.05. The molecule has 0 saturated carbocycles. The third kappa shape index (κ3) is 3.73. The lowest BCUT2D eigenvalue weighted by molar-refractivity contribution is 0.0600. The van der Waals surface area contributed by atoms with Crippen molar-refractivity contribution in [1.29, 1.82) is 0 Å². The van der Waals surface area contributed by atoms with Crippen molar-refractivity contribution in [1.82, 2.24) is 0 Å². The highest BCUT2D eigenvalue weighted by Crippen LogP contribution is 2.14. The van der Waals surface area contributed by atoms with Crippen LogP contribution in [0.25, 0.3) is 0 Å². The third-order valence-electron chi connectivity index (χ3n) is 3.42. The van der Waals surface area contributed by atoms with Gasteiger partial charge in [0.05, 0.1) is 18.7 Å². The molecule has 4 heteroatoms. The van der Waals surface area contributed by atoms with Gasteiger partial charge in [-0.1, -0.05) is 29.8 Å². The molecule has 0 aliphatic heterocycles. The molecule has 2 aromatic carbocycles. The standard InChI is InChI=1S/C18H19NO3/c1-12-4-6-14(7-5-12)17(20)13(2)19-16-10-8-15(9-11-16)18(21)22-3/h4-11,13,19H,1-3H3/t13-/m1/s1. The summed E-state index contributed by atoms with van der Waals surface area (Å²) < 4.78 is 4.65. The lowest BCUT2D eigenvalue weighted by Crippen LogP contribution is -2.26. The topological polar surface area (TPSA) is 55.4 Å². The molecule has 1 N–H and O–H groups in total. The summed E-state index contributed by atoms with van der Waals surface area (Å²) in [6.45, 7) is 3.80. The first-order chi connectivity index (χ1) is 10.5. The lowest BCUT2D eigenvalue weighted by atomic mass is 10.0. The SMILES string of the molecule is COC(=O)c1ccc(N[C@H](C)C(=O)c2ccc(C)cc2)cc1. The van der Waals surface area contributed by atoms with Gasteiger partial charge in [-0.05, 0) is 38.1 Å². The highest BCUT2D eigenvalue weighted by Gasteiger charge is 2.15. The molecule has 1 atom stereocenters. The van der Waals surface area contributed by atoms with Gasteiger partial charge in [0.15, 0.2) is 5.78 Å². The fourth-order valence-electron chi connectivity index (χ4n) is 2.10. The molecule has 22 heavy (non-hydrogen) atoms. The molecule has 0 aromatic heterocycles. The molecule has 0 fully saturated rings. The number of aryl methyl sites for hydroxylation is 1. The maximum absolute atomic E-state index is 12.3. The summed E-state index contributed by atoms with van der Waals surface area (Å²) in [5.74, 6) is -0.354. The van der Waals surface area contributed by atoms with Gasteiger partial charge >= 0.3 is 5.97 Å². The second-order valence-corrected chi connectivity index (χ2v) is 5.17. The second-order valence-electron chi connectivity index (χ2n) is 5.17. The number of carbonyl (C=O) groups excluding carboxylic acids is 2. The fourth-order valence-corrected chi connectivity index (χ4v) is 2.10. The average Bonchev–Trinajstić information content (AvgIpc) is 2.54. The van der Waals surface area contributed by atoms with Crippen LogP contribution in [-0.2, 0) is 4.74 Å². The van der Waals surface area contributed by atoms with E-state index in [4.69, 9.17) is 0 Å². The summed E-state index contributed by atoms with van der Waals surface area (Å²) in [7, 11) is 1.34. The molecule has 0 heterocycles. The number of ether oxygens (including phenoxy) is 1. The molecule has 0 bridgehead atoms. The van der Waals surface area contributed by atoms with Gasteiger partial charge in [0, 0.05) is 11.3 Å². The minimum atomic E-state index is -0.379. The van der Waals surface area contributed by atoms with E-state index in [-0.39, 0.29) is 17.8 Å². The number of hydrogen-bond acceptors (Lipinski definition) is 4. The smallest absolute Gasteiger partial charge is 0.337 e. The van der Waals surface area contributed by atoms with Gasteiger partial charge in [0.2, 0.25) is 0 Å². The normalized spacial score (nSPS) is 11.6. The molecule has 114 valence electrons. The largest absolute Gasteiger partial charge is 0.465 e. The number of methoxy groups -OCH3 is 1. The first-order valence-electron chi connectivity index (χ1n) is 7.07. The molecular formula is C18H19NO3. The highest BCUT2D eigenvalue weighted by atomic mass is 16.5. The Labute approximate surface area is 130 Å². The van der Waals surface area contributed by atoms with Gasteiger partial charge in [-0.3, -0.25) is 4.79 Å².